The van der Waals surface area contributed by atoms with Crippen LogP contribution in [0.4, 0.5) is 0 Å². The van der Waals surface area contributed by atoms with Crippen molar-refractivity contribution in [3.63, 3.8) is 0 Å². The first-order chi connectivity index (χ1) is 14.4. The molecule has 1 aliphatic heterocycles. The SMILES string of the molecule is COc1ccc(OC)c(C(=O)NNC(=O)c2ccc(S(=O)(=O)N3CCCC3)cc2)c1. The number of rotatable bonds is 6. The summed E-state index contributed by atoms with van der Waals surface area (Å²) in [5, 5.41) is 0. The van der Waals surface area contributed by atoms with Gasteiger partial charge in [0.25, 0.3) is 11.8 Å². The molecule has 2 aromatic rings. The van der Waals surface area contributed by atoms with Gasteiger partial charge in [0.1, 0.15) is 11.5 Å². The molecular weight excluding hydrogens is 410 g/mol. The van der Waals surface area contributed by atoms with Crippen molar-refractivity contribution in [2.75, 3.05) is 27.3 Å². The first-order valence-electron chi connectivity index (χ1n) is 9.29. The predicted molar refractivity (Wildman–Crippen MR) is 109 cm³/mol. The van der Waals surface area contributed by atoms with Crippen molar-refractivity contribution in [3.05, 3.63) is 53.6 Å². The molecule has 2 amide bonds. The summed E-state index contributed by atoms with van der Waals surface area (Å²) in [6, 6.07) is 10.3. The Labute approximate surface area is 175 Å². The maximum Gasteiger partial charge on any atom is 0.273 e. The monoisotopic (exact) mass is 433 g/mol. The zero-order valence-electron chi connectivity index (χ0n) is 16.7. The lowest BCUT2D eigenvalue weighted by Crippen LogP contribution is -2.41. The highest BCUT2D eigenvalue weighted by Gasteiger charge is 2.27. The maximum absolute atomic E-state index is 12.5. The summed E-state index contributed by atoms with van der Waals surface area (Å²) < 4.78 is 36.8. The molecule has 1 aliphatic rings. The standard InChI is InChI=1S/C20H23N3O6S/c1-28-15-7-10-18(29-2)17(13-15)20(25)22-21-19(24)14-5-8-16(9-6-14)30(26,27)23-11-3-4-12-23/h5-10,13H,3-4,11-12H2,1-2H3,(H,21,24)(H,22,25). The van der Waals surface area contributed by atoms with E-state index in [0.29, 0.717) is 24.6 Å². The molecule has 0 bridgehead atoms. The lowest BCUT2D eigenvalue weighted by molar-refractivity contribution is 0.0844. The third-order valence-electron chi connectivity index (χ3n) is 4.76. The normalized spacial score (nSPS) is 14.2. The van der Waals surface area contributed by atoms with Crippen molar-refractivity contribution in [1.82, 2.24) is 15.2 Å². The van der Waals surface area contributed by atoms with Crippen molar-refractivity contribution >= 4 is 21.8 Å². The minimum Gasteiger partial charge on any atom is -0.497 e. The molecule has 1 fully saturated rings. The van der Waals surface area contributed by atoms with Crippen molar-refractivity contribution in [3.8, 4) is 11.5 Å². The highest BCUT2D eigenvalue weighted by molar-refractivity contribution is 7.89. The van der Waals surface area contributed by atoms with E-state index in [0.717, 1.165) is 12.8 Å². The Morgan fingerprint density at radius 1 is 0.900 bits per heavy atom. The van der Waals surface area contributed by atoms with Gasteiger partial charge in [-0.1, -0.05) is 0 Å². The van der Waals surface area contributed by atoms with Crippen LogP contribution in [0.2, 0.25) is 0 Å². The van der Waals surface area contributed by atoms with E-state index in [1.807, 2.05) is 0 Å². The molecular formula is C20H23N3O6S. The van der Waals surface area contributed by atoms with Gasteiger partial charge in [0.15, 0.2) is 0 Å². The van der Waals surface area contributed by atoms with Crippen LogP contribution < -0.4 is 20.3 Å². The molecule has 3 rings (SSSR count). The van der Waals surface area contributed by atoms with Gasteiger partial charge >= 0.3 is 0 Å². The number of nitrogens with zero attached hydrogens (tertiary/aromatic N) is 1. The van der Waals surface area contributed by atoms with Crippen LogP contribution in [0.25, 0.3) is 0 Å². The zero-order chi connectivity index (χ0) is 21.7. The number of nitrogens with one attached hydrogen (secondary N) is 2. The number of carbonyl (C=O) groups excluding carboxylic acids is 2. The van der Waals surface area contributed by atoms with Gasteiger partial charge in [0, 0.05) is 18.7 Å². The second kappa shape index (κ2) is 9.14. The Bertz CT molecular complexity index is 1030. The number of sulfonamides is 1. The molecule has 10 heteroatoms. The molecule has 0 saturated carbocycles. The molecule has 0 aromatic heterocycles. The second-order valence-electron chi connectivity index (χ2n) is 6.61. The zero-order valence-corrected chi connectivity index (χ0v) is 17.5. The van der Waals surface area contributed by atoms with Gasteiger partial charge in [-0.2, -0.15) is 4.31 Å². The van der Waals surface area contributed by atoms with Gasteiger partial charge in [0.2, 0.25) is 10.0 Å². The quantitative estimate of drug-likeness (QED) is 0.669. The molecule has 0 unspecified atom stereocenters. The largest absolute Gasteiger partial charge is 0.497 e. The molecule has 0 spiro atoms. The number of amides is 2. The van der Waals surface area contributed by atoms with E-state index in [1.54, 1.807) is 12.1 Å². The van der Waals surface area contributed by atoms with Gasteiger partial charge < -0.3 is 9.47 Å². The van der Waals surface area contributed by atoms with Crippen LogP contribution in [0, 0.1) is 0 Å². The fraction of sp³-hybridized carbons (Fsp3) is 0.300. The van der Waals surface area contributed by atoms with Crippen molar-refractivity contribution in [2.45, 2.75) is 17.7 Å². The maximum atomic E-state index is 12.5. The van der Waals surface area contributed by atoms with Gasteiger partial charge in [-0.3, -0.25) is 20.4 Å². The molecule has 2 aromatic carbocycles. The van der Waals surface area contributed by atoms with Gasteiger partial charge in [-0.25, -0.2) is 8.42 Å². The van der Waals surface area contributed by atoms with Crippen LogP contribution >= 0.6 is 0 Å². The number of hydrogen-bond acceptors (Lipinski definition) is 6. The number of benzene rings is 2. The van der Waals surface area contributed by atoms with Crippen LogP contribution in [0.1, 0.15) is 33.6 Å². The van der Waals surface area contributed by atoms with Crippen molar-refractivity contribution in [2.24, 2.45) is 0 Å². The fourth-order valence-corrected chi connectivity index (χ4v) is 4.62. The topological polar surface area (TPSA) is 114 Å². The van der Waals surface area contributed by atoms with Crippen molar-refractivity contribution in [1.29, 1.82) is 0 Å². The minimum absolute atomic E-state index is 0.131. The van der Waals surface area contributed by atoms with E-state index in [4.69, 9.17) is 9.47 Å². The highest BCUT2D eigenvalue weighted by Crippen LogP contribution is 2.24. The molecule has 2 N–H and O–H groups in total. The van der Waals surface area contributed by atoms with E-state index in [9.17, 15) is 18.0 Å². The lowest BCUT2D eigenvalue weighted by Gasteiger charge is -2.15. The van der Waals surface area contributed by atoms with Gasteiger partial charge in [0.05, 0.1) is 24.7 Å². The van der Waals surface area contributed by atoms with Gasteiger partial charge in [-0.05, 0) is 55.3 Å². The third kappa shape index (κ3) is 4.55. The molecule has 1 heterocycles. The second-order valence-corrected chi connectivity index (χ2v) is 8.55. The van der Waals surface area contributed by atoms with Crippen LogP contribution in [0.15, 0.2) is 47.4 Å². The Kier molecular flexibility index (Phi) is 6.58. The molecule has 0 atom stereocenters. The Hall–Kier alpha value is -3.11. The third-order valence-corrected chi connectivity index (χ3v) is 6.67. The summed E-state index contributed by atoms with van der Waals surface area (Å²) in [7, 11) is -0.655. The van der Waals surface area contributed by atoms with Crippen LogP contribution in [-0.2, 0) is 10.0 Å². The minimum atomic E-state index is -3.55. The molecule has 0 radical (unpaired) electrons. The Morgan fingerprint density at radius 3 is 2.13 bits per heavy atom. The Balaban J connectivity index is 1.66. The molecule has 0 aliphatic carbocycles. The molecule has 9 nitrogen and oxygen atoms in total. The lowest BCUT2D eigenvalue weighted by atomic mass is 10.2. The Morgan fingerprint density at radius 2 is 1.53 bits per heavy atom. The number of ether oxygens (including phenoxy) is 2. The summed E-state index contributed by atoms with van der Waals surface area (Å²) in [5.74, 6) is -0.399. The summed E-state index contributed by atoms with van der Waals surface area (Å²) in [6.07, 6.45) is 1.69. The summed E-state index contributed by atoms with van der Waals surface area (Å²) in [5.41, 5.74) is 5.00. The first kappa shape index (κ1) is 21.6. The molecule has 30 heavy (non-hydrogen) atoms. The predicted octanol–water partition coefficient (Wildman–Crippen LogP) is 1.56. The average molecular weight is 433 g/mol. The van der Waals surface area contributed by atoms with Crippen LogP contribution in [0.3, 0.4) is 0 Å². The number of carbonyl (C=O) groups is 2. The number of hydrogen-bond donors (Lipinski definition) is 2. The van der Waals surface area contributed by atoms with Crippen molar-refractivity contribution < 1.29 is 27.5 Å². The highest BCUT2D eigenvalue weighted by atomic mass is 32.2. The summed E-state index contributed by atoms with van der Waals surface area (Å²) >= 11 is 0. The summed E-state index contributed by atoms with van der Waals surface area (Å²) in [4.78, 5) is 24.9. The van der Waals surface area contributed by atoms with Crippen LogP contribution in [0.5, 0.6) is 11.5 Å². The summed E-state index contributed by atoms with van der Waals surface area (Å²) in [6.45, 7) is 1.01. The first-order valence-corrected chi connectivity index (χ1v) is 10.7. The van der Waals surface area contributed by atoms with Gasteiger partial charge in [-0.15, -0.1) is 0 Å². The average Bonchev–Trinajstić information content (AvgIpc) is 3.32. The molecule has 160 valence electrons. The van der Waals surface area contributed by atoms with E-state index < -0.39 is 21.8 Å². The van der Waals surface area contributed by atoms with E-state index >= 15 is 0 Å². The molecule has 1 saturated heterocycles. The van der Waals surface area contributed by atoms with E-state index in [2.05, 4.69) is 10.9 Å². The fourth-order valence-electron chi connectivity index (χ4n) is 3.10. The van der Waals surface area contributed by atoms with E-state index in [-0.39, 0.29) is 16.0 Å². The number of methoxy groups -OCH3 is 2. The van der Waals surface area contributed by atoms with E-state index in [1.165, 1.54) is 48.9 Å². The number of hydrazine groups is 1. The smallest absolute Gasteiger partial charge is 0.273 e. The van der Waals surface area contributed by atoms with Crippen LogP contribution in [-0.4, -0.2) is 51.8 Å².